The maximum Gasteiger partial charge on any atom is 0.534 e. The molecule has 162 valence electrons. The van der Waals surface area contributed by atoms with Crippen molar-refractivity contribution in [1.29, 1.82) is 0 Å². The molecular weight excluding hydrogens is 419 g/mol. The molecule has 2 aromatic heterocycles. The van der Waals surface area contributed by atoms with Crippen LogP contribution in [0.3, 0.4) is 0 Å². The number of anilines is 1. The molecule has 3 rings (SSSR count). The van der Waals surface area contributed by atoms with Crippen molar-refractivity contribution in [2.45, 2.75) is 26.3 Å². The van der Waals surface area contributed by atoms with Crippen LogP contribution in [0.5, 0.6) is 5.88 Å². The minimum absolute atomic E-state index is 0.0562. The van der Waals surface area contributed by atoms with E-state index in [4.69, 9.17) is 0 Å². The quantitative estimate of drug-likeness (QED) is 0.422. The molecule has 0 saturated heterocycles. The van der Waals surface area contributed by atoms with Crippen LogP contribution >= 0.6 is 0 Å². The molecule has 0 amide bonds. The summed E-state index contributed by atoms with van der Waals surface area (Å²) in [5.41, 5.74) is -2.61. The largest absolute Gasteiger partial charge is 0.534 e. The summed E-state index contributed by atoms with van der Waals surface area (Å²) in [6.45, 7) is 5.88. The number of aryl methyl sites for hydroxylation is 1. The molecule has 3 aromatic rings. The van der Waals surface area contributed by atoms with Crippen molar-refractivity contribution in [2.24, 2.45) is 0 Å². The summed E-state index contributed by atoms with van der Waals surface area (Å²) in [6, 6.07) is 9.78. The molecule has 0 saturated carbocycles. The molecule has 0 aliphatic carbocycles. The van der Waals surface area contributed by atoms with Crippen molar-refractivity contribution in [2.75, 3.05) is 19.0 Å². The monoisotopic (exact) mass is 441 g/mol. The lowest BCUT2D eigenvalue weighted by molar-refractivity contribution is -0.0500. The summed E-state index contributed by atoms with van der Waals surface area (Å²) in [6.07, 6.45) is 1.44. The fourth-order valence-corrected chi connectivity index (χ4v) is 3.15. The van der Waals surface area contributed by atoms with E-state index in [0.717, 1.165) is 11.3 Å². The number of nitrogens with zero attached hydrogens (tertiary/aromatic N) is 3. The summed E-state index contributed by atoms with van der Waals surface area (Å²) in [7, 11) is -2.10. The highest BCUT2D eigenvalue weighted by molar-refractivity contribution is 7.88. The van der Waals surface area contributed by atoms with E-state index in [-0.39, 0.29) is 16.6 Å². The Kier molecular flexibility index (Phi) is 6.91. The zero-order valence-corrected chi connectivity index (χ0v) is 18.0. The van der Waals surface area contributed by atoms with E-state index in [2.05, 4.69) is 14.2 Å². The van der Waals surface area contributed by atoms with E-state index in [0.29, 0.717) is 5.56 Å². The normalized spacial score (nSPS) is 11.6. The average molecular weight is 441 g/mol. The molecule has 0 unspecified atom stereocenters. The second-order valence-electron chi connectivity index (χ2n) is 6.26. The SMILES string of the molecule is CC.Cc1cc(-c2cc3ncccc3c(OS(=O)(=O)C(F)(F)F)n2)ccc1N(C)C. The first-order valence-corrected chi connectivity index (χ1v) is 10.5. The van der Waals surface area contributed by atoms with Gasteiger partial charge in [-0.25, -0.2) is 4.98 Å². The van der Waals surface area contributed by atoms with Gasteiger partial charge in [0.15, 0.2) is 0 Å². The van der Waals surface area contributed by atoms with Gasteiger partial charge in [0.25, 0.3) is 0 Å². The van der Waals surface area contributed by atoms with Crippen molar-refractivity contribution in [3.05, 3.63) is 48.2 Å². The number of aromatic nitrogens is 2. The molecule has 6 nitrogen and oxygen atoms in total. The van der Waals surface area contributed by atoms with Crippen LogP contribution in [0.2, 0.25) is 0 Å². The van der Waals surface area contributed by atoms with Crippen molar-refractivity contribution in [3.8, 4) is 17.1 Å². The summed E-state index contributed by atoms with van der Waals surface area (Å²) < 4.78 is 65.5. The summed E-state index contributed by atoms with van der Waals surface area (Å²) in [4.78, 5) is 10.0. The number of fused-ring (bicyclic) bond motifs is 1. The molecule has 0 fully saturated rings. The number of hydrogen-bond donors (Lipinski definition) is 0. The summed E-state index contributed by atoms with van der Waals surface area (Å²) in [5.74, 6) is -0.674. The van der Waals surface area contributed by atoms with Gasteiger partial charge in [0.05, 0.1) is 16.6 Å². The molecule has 0 atom stereocenters. The Morgan fingerprint density at radius 1 is 1.07 bits per heavy atom. The predicted octanol–water partition coefficient (Wildman–Crippen LogP) is 4.93. The highest BCUT2D eigenvalue weighted by Crippen LogP contribution is 2.33. The van der Waals surface area contributed by atoms with Gasteiger partial charge in [-0.1, -0.05) is 19.9 Å². The first-order valence-electron chi connectivity index (χ1n) is 9.04. The van der Waals surface area contributed by atoms with Gasteiger partial charge in [-0.2, -0.15) is 21.6 Å². The Labute approximate surface area is 173 Å². The Balaban J connectivity index is 0.00000155. The summed E-state index contributed by atoms with van der Waals surface area (Å²) >= 11 is 0. The van der Waals surface area contributed by atoms with Crippen LogP contribution in [-0.2, 0) is 10.1 Å². The molecule has 1 aromatic carbocycles. The number of alkyl halides is 3. The van der Waals surface area contributed by atoms with E-state index >= 15 is 0 Å². The van der Waals surface area contributed by atoms with E-state index in [1.165, 1.54) is 18.3 Å². The van der Waals surface area contributed by atoms with Crippen LogP contribution in [0.15, 0.2) is 42.6 Å². The van der Waals surface area contributed by atoms with Gasteiger partial charge in [-0.3, -0.25) is 4.98 Å². The predicted molar refractivity (Wildman–Crippen MR) is 111 cm³/mol. The first-order chi connectivity index (χ1) is 14.0. The van der Waals surface area contributed by atoms with Gasteiger partial charge in [0.1, 0.15) is 0 Å². The smallest absolute Gasteiger partial charge is 0.377 e. The molecule has 0 N–H and O–H groups in total. The molecule has 0 aliphatic rings. The Morgan fingerprint density at radius 2 is 1.73 bits per heavy atom. The lowest BCUT2D eigenvalue weighted by Crippen LogP contribution is -2.28. The van der Waals surface area contributed by atoms with Gasteiger partial charge in [0, 0.05) is 31.5 Å². The maximum absolute atomic E-state index is 12.8. The third-order valence-electron chi connectivity index (χ3n) is 4.01. The lowest BCUT2D eigenvalue weighted by Gasteiger charge is -2.17. The zero-order chi connectivity index (χ0) is 22.7. The third-order valence-corrected chi connectivity index (χ3v) is 4.96. The van der Waals surface area contributed by atoms with E-state index in [1.807, 2.05) is 45.8 Å². The highest BCUT2D eigenvalue weighted by Gasteiger charge is 2.49. The van der Waals surface area contributed by atoms with Crippen molar-refractivity contribution < 1.29 is 25.8 Å². The number of halogens is 3. The van der Waals surface area contributed by atoms with Crippen LogP contribution in [-0.4, -0.2) is 38.0 Å². The second-order valence-corrected chi connectivity index (χ2v) is 7.80. The molecule has 0 radical (unpaired) electrons. The van der Waals surface area contributed by atoms with Crippen LogP contribution in [0.1, 0.15) is 19.4 Å². The van der Waals surface area contributed by atoms with Crippen molar-refractivity contribution in [3.63, 3.8) is 0 Å². The number of benzene rings is 1. The van der Waals surface area contributed by atoms with Gasteiger partial charge in [0.2, 0.25) is 5.88 Å². The number of hydrogen-bond acceptors (Lipinski definition) is 6. The van der Waals surface area contributed by atoms with Crippen molar-refractivity contribution >= 4 is 26.7 Å². The molecule has 0 spiro atoms. The second kappa shape index (κ2) is 8.86. The van der Waals surface area contributed by atoms with Crippen LogP contribution < -0.4 is 9.08 Å². The molecule has 30 heavy (non-hydrogen) atoms. The zero-order valence-electron chi connectivity index (χ0n) is 17.1. The van der Waals surface area contributed by atoms with E-state index in [1.54, 1.807) is 18.2 Å². The average Bonchev–Trinajstić information content (AvgIpc) is 2.68. The van der Waals surface area contributed by atoms with Gasteiger partial charge in [-0.15, -0.1) is 0 Å². The Hall–Kier alpha value is -2.88. The fourth-order valence-electron chi connectivity index (χ4n) is 2.72. The van der Waals surface area contributed by atoms with Crippen molar-refractivity contribution in [1.82, 2.24) is 9.97 Å². The molecular formula is C20H22F3N3O3S. The summed E-state index contributed by atoms with van der Waals surface area (Å²) in [5, 5.41) is 0.0562. The first kappa shape index (κ1) is 23.4. The third kappa shape index (κ3) is 4.81. The fraction of sp³-hybridized carbons (Fsp3) is 0.300. The Bertz CT molecular complexity index is 1150. The Morgan fingerprint density at radius 3 is 2.30 bits per heavy atom. The molecule has 0 bridgehead atoms. The van der Waals surface area contributed by atoms with Crippen LogP contribution in [0.4, 0.5) is 18.9 Å². The van der Waals surface area contributed by atoms with Gasteiger partial charge in [-0.05, 0) is 42.8 Å². The van der Waals surface area contributed by atoms with Gasteiger partial charge < -0.3 is 9.08 Å². The topological polar surface area (TPSA) is 72.4 Å². The van der Waals surface area contributed by atoms with Gasteiger partial charge >= 0.3 is 15.6 Å². The highest BCUT2D eigenvalue weighted by atomic mass is 32.2. The molecule has 0 aliphatic heterocycles. The maximum atomic E-state index is 12.8. The minimum Gasteiger partial charge on any atom is -0.377 e. The standard InChI is InChI=1S/C18H16F3N3O3S.C2H6/c1-11-9-12(6-7-16(11)24(2)3)14-10-15-13(5-4-8-22-15)17(23-14)27-28(25,26)18(19,20)21;1-2/h4-10H,1-3H3;1-2H3. The van der Waals surface area contributed by atoms with E-state index < -0.39 is 21.5 Å². The number of rotatable bonds is 4. The van der Waals surface area contributed by atoms with Crippen LogP contribution in [0.25, 0.3) is 22.2 Å². The minimum atomic E-state index is -5.86. The number of pyridine rings is 2. The van der Waals surface area contributed by atoms with E-state index in [9.17, 15) is 21.6 Å². The lowest BCUT2D eigenvalue weighted by atomic mass is 10.1. The van der Waals surface area contributed by atoms with Crippen LogP contribution in [0, 0.1) is 6.92 Å². The molecule has 2 heterocycles. The molecule has 10 heteroatoms.